The van der Waals surface area contributed by atoms with Crippen molar-refractivity contribution in [2.45, 2.75) is 37.8 Å². The molecule has 0 bridgehead atoms. The Labute approximate surface area is 91.8 Å². The molecule has 0 aromatic carbocycles. The molecule has 3 aliphatic rings. The van der Waals surface area contributed by atoms with Gasteiger partial charge in [-0.2, -0.15) is 0 Å². The smallest absolute Gasteiger partial charge is 0.0670 e. The summed E-state index contributed by atoms with van der Waals surface area (Å²) in [5.74, 6) is 1.65. The van der Waals surface area contributed by atoms with E-state index in [0.29, 0.717) is 0 Å². The largest absolute Gasteiger partial charge is 0.392 e. The van der Waals surface area contributed by atoms with Gasteiger partial charge < -0.3 is 10.4 Å². The third-order valence-electron chi connectivity index (χ3n) is 4.27. The Hall–Kier alpha value is -0.120. The fraction of sp³-hybridized carbons (Fsp3) is 1.00. The second-order valence-corrected chi connectivity index (χ2v) is 5.62. The molecule has 3 heteroatoms. The van der Waals surface area contributed by atoms with Crippen LogP contribution in [0.3, 0.4) is 0 Å². The molecule has 2 N–H and O–H groups in total. The summed E-state index contributed by atoms with van der Waals surface area (Å²) < 4.78 is 0. The molecule has 3 nitrogen and oxygen atoms in total. The molecule has 4 atom stereocenters. The summed E-state index contributed by atoms with van der Waals surface area (Å²) in [5.41, 5.74) is 0. The topological polar surface area (TPSA) is 35.5 Å². The van der Waals surface area contributed by atoms with Crippen LogP contribution in [0.4, 0.5) is 0 Å². The fourth-order valence-corrected chi connectivity index (χ4v) is 3.38. The molecule has 1 aliphatic carbocycles. The van der Waals surface area contributed by atoms with Gasteiger partial charge in [0.2, 0.25) is 0 Å². The van der Waals surface area contributed by atoms with E-state index < -0.39 is 0 Å². The number of aliphatic hydroxyl groups excluding tert-OH is 1. The summed E-state index contributed by atoms with van der Waals surface area (Å²) in [5, 5.41) is 13.2. The zero-order chi connectivity index (χ0) is 10.3. The first-order valence-electron chi connectivity index (χ1n) is 6.46. The first-order chi connectivity index (χ1) is 7.33. The fourth-order valence-electron chi connectivity index (χ4n) is 3.38. The van der Waals surface area contributed by atoms with Crippen molar-refractivity contribution in [1.82, 2.24) is 10.2 Å². The van der Waals surface area contributed by atoms with Gasteiger partial charge in [0.05, 0.1) is 6.10 Å². The van der Waals surface area contributed by atoms with Crippen LogP contribution in [-0.4, -0.2) is 48.3 Å². The van der Waals surface area contributed by atoms with Crippen LogP contribution in [0, 0.1) is 11.8 Å². The molecule has 15 heavy (non-hydrogen) atoms. The maximum atomic E-state index is 9.75. The number of likely N-dealkylation sites (tertiary alicyclic amines) is 1. The van der Waals surface area contributed by atoms with Crippen molar-refractivity contribution >= 4 is 0 Å². The summed E-state index contributed by atoms with van der Waals surface area (Å²) >= 11 is 0. The second-order valence-electron chi connectivity index (χ2n) is 5.62. The van der Waals surface area contributed by atoms with Crippen LogP contribution in [-0.2, 0) is 0 Å². The third kappa shape index (κ3) is 2.19. The van der Waals surface area contributed by atoms with Crippen molar-refractivity contribution in [3.8, 4) is 0 Å². The highest BCUT2D eigenvalue weighted by atomic mass is 16.3. The van der Waals surface area contributed by atoms with Crippen molar-refractivity contribution in [3.05, 3.63) is 0 Å². The molecule has 2 heterocycles. The van der Waals surface area contributed by atoms with Gasteiger partial charge in [-0.1, -0.05) is 0 Å². The highest BCUT2D eigenvalue weighted by Gasteiger charge is 2.47. The van der Waals surface area contributed by atoms with E-state index in [9.17, 15) is 5.11 Å². The predicted molar refractivity (Wildman–Crippen MR) is 59.7 cm³/mol. The van der Waals surface area contributed by atoms with Gasteiger partial charge in [-0.25, -0.2) is 0 Å². The number of aliphatic hydroxyl groups is 1. The van der Waals surface area contributed by atoms with Crippen LogP contribution < -0.4 is 5.32 Å². The van der Waals surface area contributed by atoms with Gasteiger partial charge in [0.1, 0.15) is 0 Å². The van der Waals surface area contributed by atoms with Crippen LogP contribution in [0.2, 0.25) is 0 Å². The van der Waals surface area contributed by atoms with Crippen molar-refractivity contribution in [2.24, 2.45) is 11.8 Å². The first kappa shape index (κ1) is 10.1. The summed E-state index contributed by atoms with van der Waals surface area (Å²) in [6, 6.07) is 0.829. The van der Waals surface area contributed by atoms with Crippen LogP contribution >= 0.6 is 0 Å². The molecule has 0 spiro atoms. The SMILES string of the molecule is OC1CC2CC2N(CC2CCCNC2)C1. The molecule has 86 valence electrons. The van der Waals surface area contributed by atoms with E-state index in [0.717, 1.165) is 30.8 Å². The Kier molecular flexibility index (Phi) is 2.71. The first-order valence-corrected chi connectivity index (χ1v) is 6.46. The van der Waals surface area contributed by atoms with Crippen molar-refractivity contribution in [1.29, 1.82) is 0 Å². The molecular formula is C12H22N2O. The number of piperidine rings is 2. The Bertz CT molecular complexity index is 228. The lowest BCUT2D eigenvalue weighted by molar-refractivity contribution is 0.0549. The Balaban J connectivity index is 1.53. The van der Waals surface area contributed by atoms with E-state index in [1.54, 1.807) is 0 Å². The number of rotatable bonds is 2. The number of hydrogen-bond donors (Lipinski definition) is 2. The molecule has 3 rings (SSSR count). The van der Waals surface area contributed by atoms with E-state index in [1.807, 2.05) is 0 Å². The van der Waals surface area contributed by atoms with Crippen molar-refractivity contribution in [2.75, 3.05) is 26.2 Å². The van der Waals surface area contributed by atoms with Gasteiger partial charge in [0, 0.05) is 19.1 Å². The highest BCUT2D eigenvalue weighted by molar-refractivity contribution is 5.01. The Morgan fingerprint density at radius 2 is 2.27 bits per heavy atom. The van der Waals surface area contributed by atoms with Crippen LogP contribution in [0.15, 0.2) is 0 Å². The van der Waals surface area contributed by atoms with E-state index in [4.69, 9.17) is 0 Å². The molecule has 2 saturated heterocycles. The molecule has 1 saturated carbocycles. The number of nitrogens with zero attached hydrogens (tertiary/aromatic N) is 1. The van der Waals surface area contributed by atoms with E-state index >= 15 is 0 Å². The maximum Gasteiger partial charge on any atom is 0.0670 e. The van der Waals surface area contributed by atoms with Crippen LogP contribution in [0.5, 0.6) is 0 Å². The van der Waals surface area contributed by atoms with Crippen LogP contribution in [0.1, 0.15) is 25.7 Å². The average Bonchev–Trinajstić information content (AvgIpc) is 2.98. The van der Waals surface area contributed by atoms with Gasteiger partial charge in [-0.3, -0.25) is 4.90 Å². The molecule has 2 aliphatic heterocycles. The number of β-amino-alcohol motifs (C(OH)–C–C–N with tert-alkyl or cyclic N) is 1. The molecule has 0 aromatic rings. The molecular weight excluding hydrogens is 188 g/mol. The Morgan fingerprint density at radius 3 is 3.07 bits per heavy atom. The van der Waals surface area contributed by atoms with Crippen molar-refractivity contribution < 1.29 is 5.11 Å². The lowest BCUT2D eigenvalue weighted by Gasteiger charge is -2.34. The molecule has 0 amide bonds. The number of nitrogens with one attached hydrogen (secondary N) is 1. The zero-order valence-electron chi connectivity index (χ0n) is 9.36. The maximum absolute atomic E-state index is 9.75. The van der Waals surface area contributed by atoms with E-state index in [-0.39, 0.29) is 6.10 Å². The highest BCUT2D eigenvalue weighted by Crippen LogP contribution is 2.43. The lowest BCUT2D eigenvalue weighted by atomic mass is 9.97. The quantitative estimate of drug-likeness (QED) is 0.694. The number of hydrogen-bond acceptors (Lipinski definition) is 3. The minimum absolute atomic E-state index is 0.0506. The van der Waals surface area contributed by atoms with Crippen LogP contribution in [0.25, 0.3) is 0 Å². The van der Waals surface area contributed by atoms with E-state index in [2.05, 4.69) is 10.2 Å². The standard InChI is InChI=1S/C12H22N2O/c15-11-4-10-5-12(10)14(8-11)7-9-2-1-3-13-6-9/h9-13,15H,1-8H2. The number of fused-ring (bicyclic) bond motifs is 1. The van der Waals surface area contributed by atoms with Gasteiger partial charge in [0.25, 0.3) is 0 Å². The van der Waals surface area contributed by atoms with E-state index in [1.165, 1.54) is 38.9 Å². The summed E-state index contributed by atoms with van der Waals surface area (Å²) in [7, 11) is 0. The monoisotopic (exact) mass is 210 g/mol. The van der Waals surface area contributed by atoms with Gasteiger partial charge >= 0.3 is 0 Å². The van der Waals surface area contributed by atoms with Gasteiger partial charge in [0.15, 0.2) is 0 Å². The molecule has 3 fully saturated rings. The normalized spacial score (nSPS) is 46.2. The predicted octanol–water partition coefficient (Wildman–Crippen LogP) is 0.441. The molecule has 4 unspecified atom stereocenters. The summed E-state index contributed by atoms with van der Waals surface area (Å²) in [4.78, 5) is 2.55. The lowest BCUT2D eigenvalue weighted by Crippen LogP contribution is -2.45. The summed E-state index contributed by atoms with van der Waals surface area (Å²) in [6.07, 6.45) is 5.05. The third-order valence-corrected chi connectivity index (χ3v) is 4.27. The zero-order valence-corrected chi connectivity index (χ0v) is 9.36. The molecule has 0 radical (unpaired) electrons. The second kappa shape index (κ2) is 4.04. The average molecular weight is 210 g/mol. The minimum Gasteiger partial charge on any atom is -0.392 e. The van der Waals surface area contributed by atoms with Crippen molar-refractivity contribution in [3.63, 3.8) is 0 Å². The van der Waals surface area contributed by atoms with Gasteiger partial charge in [-0.05, 0) is 50.6 Å². The summed E-state index contributed by atoms with van der Waals surface area (Å²) in [6.45, 7) is 4.53. The Morgan fingerprint density at radius 1 is 1.33 bits per heavy atom. The molecule has 0 aromatic heterocycles. The minimum atomic E-state index is -0.0506. The van der Waals surface area contributed by atoms with Gasteiger partial charge in [-0.15, -0.1) is 0 Å².